The Kier molecular flexibility index (Phi) is 5.88. The first-order valence-electron chi connectivity index (χ1n) is 8.77. The number of hydrogen-bond donors (Lipinski definition) is 4. The van der Waals surface area contributed by atoms with Gasteiger partial charge in [0.15, 0.2) is 0 Å². The summed E-state index contributed by atoms with van der Waals surface area (Å²) in [5.74, 6) is 0. The smallest absolute Gasteiger partial charge is 0.323 e. The average molecular weight is 349 g/mol. The number of carbonyl (C=O) groups excluding carboxylic acids is 1. The minimum absolute atomic E-state index is 0.310. The Hall–Kier alpha value is -3.28. The van der Waals surface area contributed by atoms with Crippen LogP contribution in [0, 0.1) is 0 Å². The van der Waals surface area contributed by atoms with E-state index >= 15 is 0 Å². The molecule has 0 spiro atoms. The summed E-state index contributed by atoms with van der Waals surface area (Å²) < 4.78 is 0. The maximum Gasteiger partial charge on any atom is 0.323 e. The third-order valence-corrected chi connectivity index (χ3v) is 3.94. The minimum atomic E-state index is -0.310. The van der Waals surface area contributed by atoms with Crippen molar-refractivity contribution in [3.63, 3.8) is 0 Å². The Bertz CT molecular complexity index is 827. The lowest BCUT2D eigenvalue weighted by Crippen LogP contribution is -2.19. The van der Waals surface area contributed by atoms with Crippen molar-refractivity contribution in [2.45, 2.75) is 19.8 Å². The quantitative estimate of drug-likeness (QED) is 0.456. The topological polar surface area (TPSA) is 81.8 Å². The van der Waals surface area contributed by atoms with Crippen molar-refractivity contribution in [2.75, 3.05) is 22.5 Å². The molecule has 2 amide bonds. The first-order chi connectivity index (χ1) is 12.8. The molecule has 0 aliphatic heterocycles. The zero-order chi connectivity index (χ0) is 18.2. The van der Waals surface area contributed by atoms with E-state index in [1.165, 1.54) is 0 Å². The highest BCUT2D eigenvalue weighted by Gasteiger charge is 2.11. The molecule has 134 valence electrons. The van der Waals surface area contributed by atoms with Gasteiger partial charge in [-0.2, -0.15) is 5.10 Å². The largest absolute Gasteiger partial charge is 0.385 e. The zero-order valence-corrected chi connectivity index (χ0v) is 14.8. The van der Waals surface area contributed by atoms with Crippen molar-refractivity contribution in [3.05, 3.63) is 60.8 Å². The van der Waals surface area contributed by atoms with Gasteiger partial charge in [0, 0.05) is 29.7 Å². The number of rotatable bonds is 7. The molecule has 1 aromatic heterocycles. The lowest BCUT2D eigenvalue weighted by molar-refractivity contribution is 0.262. The van der Waals surface area contributed by atoms with E-state index in [0.717, 1.165) is 36.3 Å². The molecule has 0 saturated carbocycles. The predicted octanol–water partition coefficient (Wildman–Crippen LogP) is 4.93. The molecule has 4 N–H and O–H groups in total. The SMILES string of the molecule is CCCCNc1ccc(NC(=O)Nc2c[nH]nc2-c2ccccc2)cc1. The second kappa shape index (κ2) is 8.71. The highest BCUT2D eigenvalue weighted by atomic mass is 16.2. The Labute approximate surface area is 153 Å². The van der Waals surface area contributed by atoms with Crippen LogP contribution in [-0.2, 0) is 0 Å². The van der Waals surface area contributed by atoms with E-state index in [4.69, 9.17) is 0 Å². The standard InChI is InChI=1S/C20H23N5O/c1-2-3-13-21-16-9-11-17(12-10-16)23-20(26)24-18-14-22-25-19(18)15-7-5-4-6-8-15/h4-12,14,21H,2-3,13H2,1H3,(H,22,25)(H2,23,24,26). The molecule has 3 aromatic rings. The number of urea groups is 1. The van der Waals surface area contributed by atoms with Crippen LogP contribution >= 0.6 is 0 Å². The number of amides is 2. The van der Waals surface area contributed by atoms with Crippen LogP contribution in [0.3, 0.4) is 0 Å². The molecule has 0 atom stereocenters. The van der Waals surface area contributed by atoms with Crippen LogP contribution in [0.4, 0.5) is 21.9 Å². The highest BCUT2D eigenvalue weighted by molar-refractivity contribution is 6.01. The van der Waals surface area contributed by atoms with Crippen molar-refractivity contribution < 1.29 is 4.79 Å². The maximum absolute atomic E-state index is 12.3. The van der Waals surface area contributed by atoms with Crippen LogP contribution in [0.5, 0.6) is 0 Å². The molecule has 2 aromatic carbocycles. The molecule has 0 unspecified atom stereocenters. The molecule has 0 fully saturated rings. The third-order valence-electron chi connectivity index (χ3n) is 3.94. The fourth-order valence-electron chi connectivity index (χ4n) is 2.57. The number of anilines is 3. The van der Waals surface area contributed by atoms with E-state index in [1.807, 2.05) is 54.6 Å². The molecule has 0 aliphatic carbocycles. The van der Waals surface area contributed by atoms with Crippen molar-refractivity contribution >= 4 is 23.1 Å². The van der Waals surface area contributed by atoms with Crippen molar-refractivity contribution in [3.8, 4) is 11.3 Å². The van der Waals surface area contributed by atoms with E-state index < -0.39 is 0 Å². The second-order valence-corrected chi connectivity index (χ2v) is 5.95. The highest BCUT2D eigenvalue weighted by Crippen LogP contribution is 2.25. The number of nitrogens with one attached hydrogen (secondary N) is 4. The van der Waals surface area contributed by atoms with E-state index in [9.17, 15) is 4.79 Å². The Morgan fingerprint density at radius 3 is 2.46 bits per heavy atom. The molecular formula is C20H23N5O. The Morgan fingerprint density at radius 1 is 1.00 bits per heavy atom. The number of aromatic nitrogens is 2. The van der Waals surface area contributed by atoms with Gasteiger partial charge in [0.05, 0.1) is 5.69 Å². The fraction of sp³-hybridized carbons (Fsp3) is 0.200. The van der Waals surface area contributed by atoms with Gasteiger partial charge in [-0.05, 0) is 30.7 Å². The number of benzene rings is 2. The van der Waals surface area contributed by atoms with Crippen LogP contribution in [0.15, 0.2) is 60.8 Å². The van der Waals surface area contributed by atoms with Crippen LogP contribution in [0.2, 0.25) is 0 Å². The van der Waals surface area contributed by atoms with Crippen LogP contribution < -0.4 is 16.0 Å². The van der Waals surface area contributed by atoms with Gasteiger partial charge >= 0.3 is 6.03 Å². The van der Waals surface area contributed by atoms with E-state index in [1.54, 1.807) is 6.20 Å². The second-order valence-electron chi connectivity index (χ2n) is 5.95. The number of hydrogen-bond acceptors (Lipinski definition) is 3. The summed E-state index contributed by atoms with van der Waals surface area (Å²) in [7, 11) is 0. The number of H-pyrrole nitrogens is 1. The van der Waals surface area contributed by atoms with Gasteiger partial charge in [-0.25, -0.2) is 4.79 Å². The molecule has 3 rings (SSSR count). The summed E-state index contributed by atoms with van der Waals surface area (Å²) in [6.07, 6.45) is 3.96. The predicted molar refractivity (Wildman–Crippen MR) is 107 cm³/mol. The third kappa shape index (κ3) is 4.63. The van der Waals surface area contributed by atoms with Crippen LogP contribution in [0.25, 0.3) is 11.3 Å². The molecule has 0 saturated heterocycles. The van der Waals surface area contributed by atoms with Gasteiger partial charge in [-0.1, -0.05) is 43.7 Å². The zero-order valence-electron chi connectivity index (χ0n) is 14.8. The Balaban J connectivity index is 1.59. The van der Waals surface area contributed by atoms with Crippen molar-refractivity contribution in [2.24, 2.45) is 0 Å². The van der Waals surface area contributed by atoms with E-state index in [-0.39, 0.29) is 6.03 Å². The lowest BCUT2D eigenvalue weighted by atomic mass is 10.1. The molecule has 6 heteroatoms. The first kappa shape index (κ1) is 17.5. The number of carbonyl (C=O) groups is 1. The molecule has 0 bridgehead atoms. The van der Waals surface area contributed by atoms with E-state index in [0.29, 0.717) is 11.4 Å². The maximum atomic E-state index is 12.3. The van der Waals surface area contributed by atoms with E-state index in [2.05, 4.69) is 33.1 Å². The van der Waals surface area contributed by atoms with Gasteiger partial charge in [0.25, 0.3) is 0 Å². The van der Waals surface area contributed by atoms with Gasteiger partial charge in [-0.3, -0.25) is 5.10 Å². The van der Waals surface area contributed by atoms with Gasteiger partial charge in [-0.15, -0.1) is 0 Å². The number of aromatic amines is 1. The number of unbranched alkanes of at least 4 members (excludes halogenated alkanes) is 1. The van der Waals surface area contributed by atoms with Gasteiger partial charge in [0.1, 0.15) is 5.69 Å². The molecule has 0 aliphatic rings. The first-order valence-corrected chi connectivity index (χ1v) is 8.77. The summed E-state index contributed by atoms with van der Waals surface area (Å²) in [6, 6.07) is 17.1. The Morgan fingerprint density at radius 2 is 1.73 bits per heavy atom. The molecule has 0 radical (unpaired) electrons. The summed E-state index contributed by atoms with van der Waals surface area (Å²) in [4.78, 5) is 12.3. The summed E-state index contributed by atoms with van der Waals surface area (Å²) in [5.41, 5.74) is 4.05. The van der Waals surface area contributed by atoms with Gasteiger partial charge < -0.3 is 16.0 Å². The normalized spacial score (nSPS) is 10.3. The molecule has 6 nitrogen and oxygen atoms in total. The summed E-state index contributed by atoms with van der Waals surface area (Å²) >= 11 is 0. The summed E-state index contributed by atoms with van der Waals surface area (Å²) in [5, 5.41) is 16.0. The van der Waals surface area contributed by atoms with Crippen LogP contribution in [0.1, 0.15) is 19.8 Å². The van der Waals surface area contributed by atoms with Gasteiger partial charge in [0.2, 0.25) is 0 Å². The average Bonchev–Trinajstić information content (AvgIpc) is 3.12. The van der Waals surface area contributed by atoms with Crippen molar-refractivity contribution in [1.29, 1.82) is 0 Å². The molecule has 1 heterocycles. The lowest BCUT2D eigenvalue weighted by Gasteiger charge is -2.09. The molecule has 26 heavy (non-hydrogen) atoms. The van der Waals surface area contributed by atoms with Crippen LogP contribution in [-0.4, -0.2) is 22.8 Å². The van der Waals surface area contributed by atoms with Crippen molar-refractivity contribution in [1.82, 2.24) is 10.2 Å². The monoisotopic (exact) mass is 349 g/mol. The minimum Gasteiger partial charge on any atom is -0.385 e. The molecular weight excluding hydrogens is 326 g/mol. The summed E-state index contributed by atoms with van der Waals surface area (Å²) in [6.45, 7) is 3.11. The number of nitrogens with zero attached hydrogens (tertiary/aromatic N) is 1. The fourth-order valence-corrected chi connectivity index (χ4v) is 2.57.